The van der Waals surface area contributed by atoms with E-state index in [1.807, 2.05) is 0 Å². The largest absolute Gasteiger partial charge is 0.375 e. The Labute approximate surface area is 240 Å². The first-order chi connectivity index (χ1) is 18.7. The van der Waals surface area contributed by atoms with Gasteiger partial charge < -0.3 is 9.47 Å². The number of ether oxygens (including phenoxy) is 2. The van der Waals surface area contributed by atoms with Crippen molar-refractivity contribution in [3.63, 3.8) is 0 Å². The van der Waals surface area contributed by atoms with Crippen molar-refractivity contribution in [2.45, 2.75) is 87.7 Å². The molecule has 1 atom stereocenters. The fourth-order valence-electron chi connectivity index (χ4n) is 5.15. The van der Waals surface area contributed by atoms with Crippen molar-refractivity contribution in [1.29, 1.82) is 0 Å². The molecule has 0 radical (unpaired) electrons. The molecule has 2 nitrogen and oxygen atoms in total. The zero-order valence-corrected chi connectivity index (χ0v) is 24.4. The average molecular weight is 556 g/mol. The zero-order chi connectivity index (χ0) is 26.9. The van der Waals surface area contributed by atoms with E-state index in [0.29, 0.717) is 13.2 Å². The lowest BCUT2D eigenvalue weighted by Crippen LogP contribution is -2.33. The molecule has 0 saturated heterocycles. The summed E-state index contributed by atoms with van der Waals surface area (Å²) in [5, 5.41) is 0. The van der Waals surface area contributed by atoms with Gasteiger partial charge in [-0.1, -0.05) is 143 Å². The van der Waals surface area contributed by atoms with Crippen LogP contribution in [0.4, 0.5) is 0 Å². The van der Waals surface area contributed by atoms with Crippen LogP contribution in [0.5, 0.6) is 0 Å². The third-order valence-corrected chi connectivity index (χ3v) is 7.37. The van der Waals surface area contributed by atoms with E-state index in [9.17, 15) is 0 Å². The predicted octanol–water partition coefficient (Wildman–Crippen LogP) is 10.1. The average Bonchev–Trinajstić information content (AvgIpc) is 2.96. The van der Waals surface area contributed by atoms with Gasteiger partial charge in [0.1, 0.15) is 10.4 Å². The first kappa shape index (κ1) is 30.7. The second-order valence-electron chi connectivity index (χ2n) is 10.0. The van der Waals surface area contributed by atoms with E-state index in [1.54, 1.807) is 0 Å². The maximum Gasteiger partial charge on any atom is 0.143 e. The van der Waals surface area contributed by atoms with E-state index in [4.69, 9.17) is 32.7 Å². The number of alkyl halides is 2. The summed E-state index contributed by atoms with van der Waals surface area (Å²) in [6, 6.07) is 31.6. The quantitative estimate of drug-likeness (QED) is 0.0832. The molecule has 0 aromatic heterocycles. The van der Waals surface area contributed by atoms with Gasteiger partial charge in [0.2, 0.25) is 0 Å². The molecule has 0 amide bonds. The molecule has 0 heterocycles. The molecular weight excluding hydrogens is 511 g/mol. The molecule has 0 aliphatic rings. The van der Waals surface area contributed by atoms with Crippen LogP contribution in [0.15, 0.2) is 91.0 Å². The van der Waals surface area contributed by atoms with Gasteiger partial charge in [-0.15, -0.1) is 23.2 Å². The van der Waals surface area contributed by atoms with Gasteiger partial charge in [0.25, 0.3) is 0 Å². The number of rotatable bonds is 19. The van der Waals surface area contributed by atoms with Crippen LogP contribution < -0.4 is 0 Å². The van der Waals surface area contributed by atoms with E-state index in [-0.39, 0.29) is 6.10 Å². The van der Waals surface area contributed by atoms with Gasteiger partial charge in [-0.2, -0.15) is 0 Å². The maximum atomic E-state index is 6.94. The minimum Gasteiger partial charge on any atom is -0.375 e. The Bertz CT molecular complexity index is 882. The molecule has 0 saturated carbocycles. The first-order valence-electron chi connectivity index (χ1n) is 14.4. The topological polar surface area (TPSA) is 18.5 Å². The highest BCUT2D eigenvalue weighted by atomic mass is 35.5. The molecule has 206 valence electrons. The van der Waals surface area contributed by atoms with Crippen molar-refractivity contribution in [3.05, 3.63) is 108 Å². The van der Waals surface area contributed by atoms with Crippen molar-refractivity contribution in [1.82, 2.24) is 0 Å². The summed E-state index contributed by atoms with van der Waals surface area (Å²) < 4.78 is 13.1. The lowest BCUT2D eigenvalue weighted by molar-refractivity contribution is -0.00316. The molecule has 0 aliphatic heterocycles. The van der Waals surface area contributed by atoms with E-state index in [1.165, 1.54) is 44.9 Å². The molecule has 0 spiro atoms. The van der Waals surface area contributed by atoms with Crippen LogP contribution >= 0.6 is 23.2 Å². The summed E-state index contributed by atoms with van der Waals surface area (Å²) in [6.07, 6.45) is 12.0. The van der Waals surface area contributed by atoms with E-state index >= 15 is 0 Å². The first-order valence-corrected chi connectivity index (χ1v) is 15.2. The summed E-state index contributed by atoms with van der Waals surface area (Å²) >= 11 is 12.0. The standard InChI is InChI=1S/C34H44Cl2O2/c1-2-3-4-5-6-7-17-25-32(37-28-33(35)36)26-18-27-38-34(29-19-11-8-12-20-29,30-21-13-9-14-22-30)31-23-15-10-16-24-31/h8-16,19-24,32-33H,2-7,17-18,25-28H2,1H3. The number of hydrogen-bond acceptors (Lipinski definition) is 2. The molecule has 3 aromatic carbocycles. The molecule has 3 aromatic rings. The summed E-state index contributed by atoms with van der Waals surface area (Å²) in [5.74, 6) is 0. The molecule has 38 heavy (non-hydrogen) atoms. The number of hydrogen-bond donors (Lipinski definition) is 0. The van der Waals surface area contributed by atoms with Crippen LogP contribution in [-0.2, 0) is 15.1 Å². The molecule has 0 bridgehead atoms. The Balaban J connectivity index is 1.68. The number of benzene rings is 3. The van der Waals surface area contributed by atoms with Gasteiger partial charge in [0.05, 0.1) is 12.7 Å². The Morgan fingerprint density at radius 2 is 1.05 bits per heavy atom. The Morgan fingerprint density at radius 3 is 1.53 bits per heavy atom. The maximum absolute atomic E-state index is 6.94. The van der Waals surface area contributed by atoms with Crippen molar-refractivity contribution >= 4 is 23.2 Å². The van der Waals surface area contributed by atoms with Gasteiger partial charge in [0.15, 0.2) is 0 Å². The van der Waals surface area contributed by atoms with Gasteiger partial charge >= 0.3 is 0 Å². The van der Waals surface area contributed by atoms with Crippen LogP contribution in [0.25, 0.3) is 0 Å². The summed E-state index contributed by atoms with van der Waals surface area (Å²) in [6.45, 7) is 3.24. The molecule has 0 N–H and O–H groups in total. The Kier molecular flexibility index (Phi) is 14.3. The number of halogens is 2. The third kappa shape index (κ3) is 9.72. The van der Waals surface area contributed by atoms with Gasteiger partial charge in [-0.05, 0) is 36.0 Å². The fraction of sp³-hybridized carbons (Fsp3) is 0.471. The summed E-state index contributed by atoms with van der Waals surface area (Å²) in [4.78, 5) is -0.496. The highest BCUT2D eigenvalue weighted by Crippen LogP contribution is 2.40. The SMILES string of the molecule is CCCCCCCCCC(CCCOC(c1ccccc1)(c1ccccc1)c1ccccc1)OCC(Cl)Cl. The second-order valence-corrected chi connectivity index (χ2v) is 11.3. The van der Waals surface area contributed by atoms with Gasteiger partial charge in [0, 0.05) is 6.61 Å². The fourth-order valence-corrected chi connectivity index (χ4v) is 5.30. The van der Waals surface area contributed by atoms with Crippen LogP contribution in [0, 0.1) is 0 Å². The monoisotopic (exact) mass is 554 g/mol. The predicted molar refractivity (Wildman–Crippen MR) is 162 cm³/mol. The molecular formula is C34H44Cl2O2. The second kappa shape index (κ2) is 17.7. The van der Waals surface area contributed by atoms with Crippen molar-refractivity contribution in [2.24, 2.45) is 0 Å². The van der Waals surface area contributed by atoms with E-state index in [2.05, 4.69) is 97.9 Å². The Hall–Kier alpha value is -1.84. The van der Waals surface area contributed by atoms with Crippen LogP contribution in [0.1, 0.15) is 87.8 Å². The van der Waals surface area contributed by atoms with Gasteiger partial charge in [-0.25, -0.2) is 0 Å². The normalized spacial score (nSPS) is 12.6. The Morgan fingerprint density at radius 1 is 0.605 bits per heavy atom. The van der Waals surface area contributed by atoms with Crippen molar-refractivity contribution in [3.8, 4) is 0 Å². The van der Waals surface area contributed by atoms with E-state index in [0.717, 1.165) is 36.0 Å². The smallest absolute Gasteiger partial charge is 0.143 e. The summed E-state index contributed by atoms with van der Waals surface area (Å²) in [5.41, 5.74) is 2.69. The lowest BCUT2D eigenvalue weighted by Gasteiger charge is -2.36. The molecule has 1 unspecified atom stereocenters. The molecule has 4 heteroatoms. The minimum atomic E-state index is -0.685. The number of unbranched alkanes of at least 4 members (excludes halogenated alkanes) is 6. The third-order valence-electron chi connectivity index (χ3n) is 7.12. The van der Waals surface area contributed by atoms with Crippen LogP contribution in [-0.4, -0.2) is 24.2 Å². The lowest BCUT2D eigenvalue weighted by atomic mass is 9.80. The van der Waals surface area contributed by atoms with Gasteiger partial charge in [-0.3, -0.25) is 0 Å². The van der Waals surface area contributed by atoms with Crippen molar-refractivity contribution < 1.29 is 9.47 Å². The molecule has 0 aliphatic carbocycles. The molecule has 0 fully saturated rings. The zero-order valence-electron chi connectivity index (χ0n) is 22.9. The highest BCUT2D eigenvalue weighted by Gasteiger charge is 2.37. The highest BCUT2D eigenvalue weighted by molar-refractivity contribution is 6.44. The van der Waals surface area contributed by atoms with Crippen LogP contribution in [0.3, 0.4) is 0 Å². The van der Waals surface area contributed by atoms with E-state index < -0.39 is 10.4 Å². The van der Waals surface area contributed by atoms with Crippen LogP contribution in [0.2, 0.25) is 0 Å². The minimum absolute atomic E-state index is 0.147. The summed E-state index contributed by atoms with van der Waals surface area (Å²) in [7, 11) is 0. The van der Waals surface area contributed by atoms with Crippen molar-refractivity contribution in [2.75, 3.05) is 13.2 Å². The molecule has 3 rings (SSSR count).